The average molecular weight is 486 g/mol. The Bertz CT molecular complexity index is 903. The molecule has 33 heavy (non-hydrogen) atoms. The molecule has 0 spiro atoms. The van der Waals surface area contributed by atoms with Crippen molar-refractivity contribution < 1.29 is 27.9 Å². The molecular formula is C23H39N3O6S. The predicted octanol–water partition coefficient (Wildman–Crippen LogP) is 1.55. The summed E-state index contributed by atoms with van der Waals surface area (Å²) in [4.78, 5) is 29.5. The van der Waals surface area contributed by atoms with E-state index < -0.39 is 27.3 Å². The first-order valence-corrected chi connectivity index (χ1v) is 12.9. The van der Waals surface area contributed by atoms with Gasteiger partial charge < -0.3 is 9.84 Å². The van der Waals surface area contributed by atoms with Gasteiger partial charge in [0.15, 0.2) is 9.84 Å². The van der Waals surface area contributed by atoms with Crippen molar-refractivity contribution in [3.05, 3.63) is 29.6 Å². The van der Waals surface area contributed by atoms with Crippen molar-refractivity contribution in [1.82, 2.24) is 15.8 Å². The number of nitrogens with one attached hydrogen (secondary N) is 2. The number of esters is 1. The highest BCUT2D eigenvalue weighted by Gasteiger charge is 2.37. The number of nitrogens with zero attached hydrogens (tertiary/aromatic N) is 1. The van der Waals surface area contributed by atoms with Crippen molar-refractivity contribution in [3.8, 4) is 0 Å². The molecule has 0 fully saturated rings. The number of sulfone groups is 1. The third-order valence-electron chi connectivity index (χ3n) is 5.77. The van der Waals surface area contributed by atoms with Crippen LogP contribution in [-0.4, -0.2) is 62.7 Å². The van der Waals surface area contributed by atoms with Crippen LogP contribution in [0.3, 0.4) is 0 Å². The smallest absolute Gasteiger partial charge is 0.308 e. The molecule has 0 radical (unpaired) electrons. The maximum Gasteiger partial charge on any atom is 0.308 e. The van der Waals surface area contributed by atoms with Crippen LogP contribution in [0.1, 0.15) is 58.3 Å². The molecule has 0 aliphatic carbocycles. The van der Waals surface area contributed by atoms with Crippen LogP contribution in [0, 0.1) is 11.3 Å². The Labute approximate surface area is 197 Å². The zero-order valence-electron chi connectivity index (χ0n) is 20.6. The molecule has 1 heterocycles. The fraction of sp³-hybridized carbons (Fsp3) is 0.696. The van der Waals surface area contributed by atoms with E-state index in [1.807, 2.05) is 32.9 Å². The number of aliphatic hydroxyl groups is 1. The van der Waals surface area contributed by atoms with E-state index in [9.17, 15) is 18.0 Å². The van der Waals surface area contributed by atoms with Crippen LogP contribution in [-0.2, 0) is 36.0 Å². The van der Waals surface area contributed by atoms with Crippen LogP contribution in [0.25, 0.3) is 0 Å². The van der Waals surface area contributed by atoms with Crippen LogP contribution in [0.2, 0.25) is 0 Å². The summed E-state index contributed by atoms with van der Waals surface area (Å²) in [6, 6.07) is 5.42. The van der Waals surface area contributed by atoms with E-state index >= 15 is 0 Å². The summed E-state index contributed by atoms with van der Waals surface area (Å²) in [7, 11) is -0.396. The molecule has 1 unspecified atom stereocenters. The SMILES string of the molecule is CNNC(=O)C(C)(CCCC(C)(C)CS(=O)(=O)CCO)c1cccc(C[C@H](C)C(=O)OC)n1. The summed E-state index contributed by atoms with van der Waals surface area (Å²) >= 11 is 0. The van der Waals surface area contributed by atoms with Crippen molar-refractivity contribution >= 4 is 21.7 Å². The van der Waals surface area contributed by atoms with Crippen molar-refractivity contribution in [3.63, 3.8) is 0 Å². The molecular weight excluding hydrogens is 446 g/mol. The molecule has 0 aliphatic rings. The quantitative estimate of drug-likeness (QED) is 0.267. The van der Waals surface area contributed by atoms with Gasteiger partial charge in [0, 0.05) is 19.2 Å². The molecule has 188 valence electrons. The van der Waals surface area contributed by atoms with Gasteiger partial charge in [-0.15, -0.1) is 0 Å². The number of aromatic nitrogens is 1. The van der Waals surface area contributed by atoms with E-state index in [2.05, 4.69) is 15.8 Å². The first kappa shape index (κ1) is 29.0. The lowest BCUT2D eigenvalue weighted by atomic mass is 9.78. The number of rotatable bonds is 14. The van der Waals surface area contributed by atoms with Gasteiger partial charge in [-0.05, 0) is 37.3 Å². The number of pyridine rings is 1. The van der Waals surface area contributed by atoms with Gasteiger partial charge in [0.05, 0.1) is 42.2 Å². The maximum absolute atomic E-state index is 13.0. The van der Waals surface area contributed by atoms with E-state index in [1.54, 1.807) is 20.0 Å². The Morgan fingerprint density at radius 3 is 2.45 bits per heavy atom. The van der Waals surface area contributed by atoms with E-state index in [1.165, 1.54) is 7.11 Å². The highest BCUT2D eigenvalue weighted by molar-refractivity contribution is 7.91. The average Bonchev–Trinajstić information content (AvgIpc) is 2.72. The molecule has 2 atom stereocenters. The van der Waals surface area contributed by atoms with E-state index in [0.29, 0.717) is 37.1 Å². The van der Waals surface area contributed by atoms with Gasteiger partial charge in [0.2, 0.25) is 5.91 Å². The Balaban J connectivity index is 3.06. The van der Waals surface area contributed by atoms with Gasteiger partial charge in [0.25, 0.3) is 0 Å². The van der Waals surface area contributed by atoms with Crippen LogP contribution in [0.15, 0.2) is 18.2 Å². The second-order valence-electron chi connectivity index (χ2n) is 9.51. The Hall–Kier alpha value is -2.04. The Morgan fingerprint density at radius 2 is 1.88 bits per heavy atom. The fourth-order valence-corrected chi connectivity index (χ4v) is 5.66. The van der Waals surface area contributed by atoms with Crippen LogP contribution in [0.4, 0.5) is 0 Å². The lowest BCUT2D eigenvalue weighted by molar-refractivity contribution is -0.144. The third kappa shape index (κ3) is 9.02. The molecule has 10 heteroatoms. The van der Waals surface area contributed by atoms with E-state index in [4.69, 9.17) is 9.84 Å². The second-order valence-corrected chi connectivity index (χ2v) is 11.7. The van der Waals surface area contributed by atoms with Gasteiger partial charge >= 0.3 is 5.97 Å². The van der Waals surface area contributed by atoms with Crippen LogP contribution >= 0.6 is 0 Å². The first-order chi connectivity index (χ1) is 15.3. The summed E-state index contributed by atoms with van der Waals surface area (Å²) in [5, 5.41) is 8.98. The third-order valence-corrected chi connectivity index (χ3v) is 7.80. The summed E-state index contributed by atoms with van der Waals surface area (Å²) in [5.41, 5.74) is 5.12. The minimum Gasteiger partial charge on any atom is -0.469 e. The highest BCUT2D eigenvalue weighted by atomic mass is 32.2. The molecule has 1 aromatic rings. The number of carbonyl (C=O) groups excluding carboxylic acids is 2. The second kappa shape index (κ2) is 12.4. The molecule has 0 aromatic carbocycles. The zero-order valence-corrected chi connectivity index (χ0v) is 21.4. The standard InChI is InChI=1S/C23H39N3O6S/c1-17(20(28)32-6)15-18-9-7-10-19(25-18)23(4,21(29)26-24-5)12-8-11-22(2,3)16-33(30,31)14-13-27/h7,9-10,17,24,27H,8,11-16H2,1-6H3,(H,26,29)/t17-,23?/m0/s1. The number of carbonyl (C=O) groups is 2. The van der Waals surface area contributed by atoms with Gasteiger partial charge in [0.1, 0.15) is 0 Å². The monoisotopic (exact) mass is 485 g/mol. The van der Waals surface area contributed by atoms with E-state index in [0.717, 1.165) is 0 Å². The highest BCUT2D eigenvalue weighted by Crippen LogP contribution is 2.33. The fourth-order valence-electron chi connectivity index (χ4n) is 3.91. The van der Waals surface area contributed by atoms with Gasteiger partial charge in [-0.25, -0.2) is 13.8 Å². The number of ether oxygens (including phenoxy) is 1. The molecule has 0 saturated carbocycles. The Morgan fingerprint density at radius 1 is 1.21 bits per heavy atom. The number of methoxy groups -OCH3 is 1. The van der Waals surface area contributed by atoms with Gasteiger partial charge in [-0.1, -0.05) is 33.3 Å². The summed E-state index contributed by atoms with van der Waals surface area (Å²) in [5.74, 6) is -1.21. The number of hydrazine groups is 1. The lowest BCUT2D eigenvalue weighted by Crippen LogP contribution is -2.47. The minimum absolute atomic E-state index is 0.0286. The molecule has 0 saturated heterocycles. The van der Waals surface area contributed by atoms with Crippen molar-refractivity contribution in [1.29, 1.82) is 0 Å². The molecule has 3 N–H and O–H groups in total. The summed E-state index contributed by atoms with van der Waals surface area (Å²) in [6.07, 6.45) is 2.02. The molecule has 1 aromatic heterocycles. The molecule has 1 rings (SSSR count). The molecule has 0 aliphatic heterocycles. The number of amides is 1. The number of hydrogen-bond donors (Lipinski definition) is 3. The van der Waals surface area contributed by atoms with E-state index in [-0.39, 0.29) is 29.3 Å². The Kier molecular flexibility index (Phi) is 10.9. The first-order valence-electron chi connectivity index (χ1n) is 11.1. The maximum atomic E-state index is 13.0. The van der Waals surface area contributed by atoms with Crippen molar-refractivity contribution in [2.24, 2.45) is 11.3 Å². The van der Waals surface area contributed by atoms with Crippen LogP contribution < -0.4 is 10.9 Å². The molecule has 1 amide bonds. The van der Waals surface area contributed by atoms with Crippen molar-refractivity contribution in [2.75, 3.05) is 32.3 Å². The summed E-state index contributed by atoms with van der Waals surface area (Å²) < 4.78 is 29.1. The number of hydrogen-bond acceptors (Lipinski definition) is 8. The lowest BCUT2D eigenvalue weighted by Gasteiger charge is -2.30. The minimum atomic E-state index is -3.35. The predicted molar refractivity (Wildman–Crippen MR) is 127 cm³/mol. The van der Waals surface area contributed by atoms with Crippen molar-refractivity contribution in [2.45, 2.75) is 58.8 Å². The zero-order chi connectivity index (χ0) is 25.3. The number of aliphatic hydroxyl groups excluding tert-OH is 1. The topological polar surface area (TPSA) is 135 Å². The van der Waals surface area contributed by atoms with Gasteiger partial charge in [-0.2, -0.15) is 0 Å². The normalized spacial score (nSPS) is 14.9. The molecule has 0 bridgehead atoms. The summed E-state index contributed by atoms with van der Waals surface area (Å²) in [6.45, 7) is 6.93. The van der Waals surface area contributed by atoms with Crippen LogP contribution in [0.5, 0.6) is 0 Å². The largest absolute Gasteiger partial charge is 0.469 e. The molecule has 9 nitrogen and oxygen atoms in total. The van der Waals surface area contributed by atoms with Gasteiger partial charge in [-0.3, -0.25) is 20.0 Å².